The number of rotatable bonds is 3. The molecule has 0 atom stereocenters. The lowest BCUT2D eigenvalue weighted by atomic mass is 10.1. The van der Waals surface area contributed by atoms with Gasteiger partial charge in [0.25, 0.3) is 11.5 Å². The van der Waals surface area contributed by atoms with Gasteiger partial charge in [0.2, 0.25) is 5.91 Å². The van der Waals surface area contributed by atoms with E-state index in [9.17, 15) is 14.4 Å². The summed E-state index contributed by atoms with van der Waals surface area (Å²) in [5.41, 5.74) is 4.97. The molecular weight excluding hydrogens is 308 g/mol. The number of carbonyl (C=O) groups excluding carboxylic acids is 2. The zero-order valence-electron chi connectivity index (χ0n) is 11.7. The van der Waals surface area contributed by atoms with Gasteiger partial charge in [-0.3, -0.25) is 25.2 Å². The van der Waals surface area contributed by atoms with E-state index in [1.807, 2.05) is 0 Å². The Kier molecular flexibility index (Phi) is 4.90. The number of halogens is 1. The van der Waals surface area contributed by atoms with Crippen molar-refractivity contribution in [2.45, 2.75) is 6.42 Å². The quantitative estimate of drug-likeness (QED) is 0.802. The number of hydrogen-bond donors (Lipinski definition) is 2. The van der Waals surface area contributed by atoms with Gasteiger partial charge in [-0.2, -0.15) is 5.10 Å². The molecule has 2 amide bonds. The second-order valence-electron chi connectivity index (χ2n) is 4.49. The van der Waals surface area contributed by atoms with Crippen LogP contribution in [0.25, 0.3) is 0 Å². The molecule has 2 aromatic rings. The van der Waals surface area contributed by atoms with E-state index in [0.717, 1.165) is 10.2 Å². The molecule has 0 aliphatic carbocycles. The van der Waals surface area contributed by atoms with Crippen LogP contribution in [0.4, 0.5) is 0 Å². The first-order valence-corrected chi connectivity index (χ1v) is 6.71. The topological polar surface area (TPSA) is 93.1 Å². The Hall–Kier alpha value is -2.67. The molecule has 0 aliphatic heterocycles. The first-order valence-electron chi connectivity index (χ1n) is 6.33. The average molecular weight is 321 g/mol. The standard InChI is InChI=1S/C14H13ClN4O3/c1-19-13(21)7-6-11(18-19)14(22)17-16-12(20)8-9-2-4-10(15)5-3-9/h2-7H,8H2,1H3,(H,16,20)(H,17,22). The molecule has 0 unspecified atom stereocenters. The van der Waals surface area contributed by atoms with Crippen LogP contribution in [-0.2, 0) is 18.3 Å². The normalized spacial score (nSPS) is 10.1. The molecule has 0 aliphatic rings. The predicted octanol–water partition coefficient (Wildman–Crippen LogP) is 0.437. The molecule has 0 saturated carbocycles. The van der Waals surface area contributed by atoms with Crippen molar-refractivity contribution in [3.63, 3.8) is 0 Å². The number of aromatic nitrogens is 2. The Morgan fingerprint density at radius 2 is 1.82 bits per heavy atom. The second kappa shape index (κ2) is 6.86. The fourth-order valence-corrected chi connectivity index (χ4v) is 1.77. The molecule has 1 heterocycles. The third-order valence-electron chi connectivity index (χ3n) is 2.79. The highest BCUT2D eigenvalue weighted by molar-refractivity contribution is 6.30. The predicted molar refractivity (Wildman–Crippen MR) is 80.2 cm³/mol. The van der Waals surface area contributed by atoms with Gasteiger partial charge in [0.15, 0.2) is 5.69 Å². The molecule has 0 bridgehead atoms. The average Bonchev–Trinajstić information content (AvgIpc) is 2.50. The number of hydrazine groups is 1. The fourth-order valence-electron chi connectivity index (χ4n) is 1.65. The lowest BCUT2D eigenvalue weighted by molar-refractivity contribution is -0.121. The van der Waals surface area contributed by atoms with E-state index in [-0.39, 0.29) is 23.6 Å². The van der Waals surface area contributed by atoms with Gasteiger partial charge in [-0.25, -0.2) is 4.68 Å². The van der Waals surface area contributed by atoms with Gasteiger partial charge >= 0.3 is 0 Å². The first-order chi connectivity index (χ1) is 10.5. The summed E-state index contributed by atoms with van der Waals surface area (Å²) in [6, 6.07) is 9.30. The highest BCUT2D eigenvalue weighted by atomic mass is 35.5. The molecule has 2 N–H and O–H groups in total. The van der Waals surface area contributed by atoms with Crippen LogP contribution in [0.5, 0.6) is 0 Å². The number of nitrogens with zero attached hydrogens (tertiary/aromatic N) is 2. The number of benzene rings is 1. The van der Waals surface area contributed by atoms with Gasteiger partial charge in [0.05, 0.1) is 6.42 Å². The number of amides is 2. The van der Waals surface area contributed by atoms with E-state index in [4.69, 9.17) is 11.6 Å². The van der Waals surface area contributed by atoms with Crippen molar-refractivity contribution >= 4 is 23.4 Å². The van der Waals surface area contributed by atoms with E-state index < -0.39 is 5.91 Å². The monoisotopic (exact) mass is 320 g/mol. The van der Waals surface area contributed by atoms with E-state index in [2.05, 4.69) is 16.0 Å². The summed E-state index contributed by atoms with van der Waals surface area (Å²) in [5, 5.41) is 4.35. The Morgan fingerprint density at radius 3 is 2.45 bits per heavy atom. The zero-order chi connectivity index (χ0) is 16.1. The molecule has 7 nitrogen and oxygen atoms in total. The van der Waals surface area contributed by atoms with Crippen LogP contribution >= 0.6 is 11.6 Å². The van der Waals surface area contributed by atoms with Crippen LogP contribution in [0.2, 0.25) is 5.02 Å². The van der Waals surface area contributed by atoms with Gasteiger partial charge in [0, 0.05) is 18.1 Å². The second-order valence-corrected chi connectivity index (χ2v) is 4.92. The molecule has 114 valence electrons. The highest BCUT2D eigenvalue weighted by Gasteiger charge is 2.10. The largest absolute Gasteiger partial charge is 0.290 e. The van der Waals surface area contributed by atoms with Crippen LogP contribution in [0.3, 0.4) is 0 Å². The van der Waals surface area contributed by atoms with Crippen molar-refractivity contribution in [1.82, 2.24) is 20.6 Å². The summed E-state index contributed by atoms with van der Waals surface area (Å²) < 4.78 is 1.03. The van der Waals surface area contributed by atoms with Crippen LogP contribution in [-0.4, -0.2) is 21.6 Å². The first kappa shape index (κ1) is 15.7. The van der Waals surface area contributed by atoms with Crippen molar-refractivity contribution < 1.29 is 9.59 Å². The number of nitrogens with one attached hydrogen (secondary N) is 2. The third kappa shape index (κ3) is 4.16. The molecule has 22 heavy (non-hydrogen) atoms. The van der Waals surface area contributed by atoms with Crippen LogP contribution < -0.4 is 16.4 Å². The zero-order valence-corrected chi connectivity index (χ0v) is 12.4. The van der Waals surface area contributed by atoms with Gasteiger partial charge in [-0.15, -0.1) is 0 Å². The van der Waals surface area contributed by atoms with E-state index >= 15 is 0 Å². The van der Waals surface area contributed by atoms with Crippen LogP contribution in [0.15, 0.2) is 41.2 Å². The van der Waals surface area contributed by atoms with Crippen LogP contribution in [0, 0.1) is 0 Å². The number of carbonyl (C=O) groups is 2. The fraction of sp³-hybridized carbons (Fsp3) is 0.143. The van der Waals surface area contributed by atoms with Gasteiger partial charge < -0.3 is 0 Å². The van der Waals surface area contributed by atoms with Crippen molar-refractivity contribution in [1.29, 1.82) is 0 Å². The number of hydrogen-bond acceptors (Lipinski definition) is 4. The van der Waals surface area contributed by atoms with Crippen LogP contribution in [0.1, 0.15) is 16.1 Å². The molecule has 1 aromatic carbocycles. The SMILES string of the molecule is Cn1nc(C(=O)NNC(=O)Cc2ccc(Cl)cc2)ccc1=O. The van der Waals surface area contributed by atoms with Crippen molar-refractivity contribution in [3.8, 4) is 0 Å². The van der Waals surface area contributed by atoms with Crippen molar-refractivity contribution in [2.75, 3.05) is 0 Å². The third-order valence-corrected chi connectivity index (χ3v) is 3.04. The summed E-state index contributed by atoms with van der Waals surface area (Å²) in [6.45, 7) is 0. The number of aryl methyl sites for hydroxylation is 1. The molecule has 0 radical (unpaired) electrons. The van der Waals surface area contributed by atoms with Crippen molar-refractivity contribution in [2.24, 2.45) is 7.05 Å². The summed E-state index contributed by atoms with van der Waals surface area (Å²) in [5.74, 6) is -0.999. The maximum absolute atomic E-state index is 11.8. The molecule has 0 fully saturated rings. The Labute approximate surface area is 130 Å². The lowest BCUT2D eigenvalue weighted by Gasteiger charge is -2.07. The van der Waals surface area contributed by atoms with E-state index in [0.29, 0.717) is 5.02 Å². The minimum Gasteiger partial charge on any atom is -0.273 e. The minimum absolute atomic E-state index is 0.0221. The lowest BCUT2D eigenvalue weighted by Crippen LogP contribution is -2.43. The summed E-state index contributed by atoms with van der Waals surface area (Å²) >= 11 is 5.75. The maximum Gasteiger partial charge on any atom is 0.290 e. The molecule has 0 saturated heterocycles. The molecular formula is C14H13ClN4O3. The van der Waals surface area contributed by atoms with Gasteiger partial charge in [0.1, 0.15) is 0 Å². The van der Waals surface area contributed by atoms with E-state index in [1.54, 1.807) is 24.3 Å². The summed E-state index contributed by atoms with van der Waals surface area (Å²) in [7, 11) is 1.43. The summed E-state index contributed by atoms with van der Waals surface area (Å²) in [6.07, 6.45) is 0.0954. The Morgan fingerprint density at radius 1 is 1.14 bits per heavy atom. The summed E-state index contributed by atoms with van der Waals surface area (Å²) in [4.78, 5) is 34.7. The molecule has 0 spiro atoms. The Balaban J connectivity index is 1.90. The van der Waals surface area contributed by atoms with E-state index in [1.165, 1.54) is 19.2 Å². The van der Waals surface area contributed by atoms with Crippen molar-refractivity contribution in [3.05, 3.63) is 63.0 Å². The minimum atomic E-state index is -0.611. The highest BCUT2D eigenvalue weighted by Crippen LogP contribution is 2.09. The molecule has 1 aromatic heterocycles. The van der Waals surface area contributed by atoms with Gasteiger partial charge in [-0.05, 0) is 23.8 Å². The smallest absolute Gasteiger partial charge is 0.273 e. The molecule has 8 heteroatoms. The molecule has 2 rings (SSSR count). The van der Waals surface area contributed by atoms with Gasteiger partial charge in [-0.1, -0.05) is 23.7 Å². The maximum atomic E-state index is 11.8. The Bertz CT molecular complexity index is 755.